The highest BCUT2D eigenvalue weighted by Gasteiger charge is 2.71. The minimum Gasteiger partial charge on any atom is -0.396 e. The fraction of sp³-hybridized carbons (Fsp3) is 0.762. The summed E-state index contributed by atoms with van der Waals surface area (Å²) in [6.07, 6.45) is 8.01. The van der Waals surface area contributed by atoms with Crippen LogP contribution in [0.4, 0.5) is 5.82 Å². The first kappa shape index (κ1) is 19.2. The Labute approximate surface area is 179 Å². The van der Waals surface area contributed by atoms with E-state index in [4.69, 9.17) is 11.6 Å². The SMILES string of the molecule is OCC12CC1C(n1cnc3c(NC(C4CCC4)C4CCC4)nc(Cl)nc31)C(O)C2O. The first-order valence-corrected chi connectivity index (χ1v) is 11.5. The molecule has 2 heterocycles. The van der Waals surface area contributed by atoms with Gasteiger partial charge in [0.05, 0.1) is 25.1 Å². The number of aliphatic hydroxyl groups excluding tert-OH is 3. The molecule has 0 amide bonds. The van der Waals surface area contributed by atoms with Crippen LogP contribution in [-0.2, 0) is 0 Å². The van der Waals surface area contributed by atoms with Crippen LogP contribution in [0, 0.1) is 23.2 Å². The standard InChI is InChI=1S/C21H28ClN5O3/c22-20-25-18(24-13(10-3-1-4-10)11-5-2-6-11)14-19(26-20)27(9-23-14)15-12-7-21(12,8-28)17(30)16(15)29/h9-13,15-17,28-30H,1-8H2,(H,24,25,26). The van der Waals surface area contributed by atoms with Crippen LogP contribution in [0.1, 0.15) is 51.0 Å². The fourth-order valence-corrected chi connectivity index (χ4v) is 6.30. The van der Waals surface area contributed by atoms with Gasteiger partial charge >= 0.3 is 0 Å². The van der Waals surface area contributed by atoms with Crippen LogP contribution in [0.3, 0.4) is 0 Å². The lowest BCUT2D eigenvalue weighted by Gasteiger charge is -2.43. The van der Waals surface area contributed by atoms with Crippen molar-refractivity contribution in [1.29, 1.82) is 0 Å². The Morgan fingerprint density at radius 1 is 1.17 bits per heavy atom. The summed E-state index contributed by atoms with van der Waals surface area (Å²) in [5.41, 5.74) is 0.597. The van der Waals surface area contributed by atoms with Crippen molar-refractivity contribution in [2.75, 3.05) is 11.9 Å². The third kappa shape index (κ3) is 2.60. The van der Waals surface area contributed by atoms with Crippen molar-refractivity contribution in [2.24, 2.45) is 23.2 Å². The molecule has 4 saturated carbocycles. The number of nitrogens with one attached hydrogen (secondary N) is 1. The topological polar surface area (TPSA) is 116 Å². The molecule has 0 bridgehead atoms. The van der Waals surface area contributed by atoms with E-state index in [1.807, 2.05) is 4.57 Å². The molecule has 4 aliphatic carbocycles. The van der Waals surface area contributed by atoms with Gasteiger partial charge in [-0.15, -0.1) is 0 Å². The third-order valence-electron chi connectivity index (χ3n) is 8.48. The number of imidazole rings is 1. The van der Waals surface area contributed by atoms with E-state index in [2.05, 4.69) is 20.3 Å². The van der Waals surface area contributed by atoms with E-state index in [1.54, 1.807) is 6.33 Å². The van der Waals surface area contributed by atoms with Crippen LogP contribution in [0.25, 0.3) is 11.2 Å². The molecule has 4 fully saturated rings. The molecular weight excluding hydrogens is 406 g/mol. The predicted molar refractivity (Wildman–Crippen MR) is 111 cm³/mol. The van der Waals surface area contributed by atoms with Crippen LogP contribution < -0.4 is 5.32 Å². The molecule has 30 heavy (non-hydrogen) atoms. The Balaban J connectivity index is 1.36. The second-order valence-electron chi connectivity index (χ2n) is 9.85. The number of aliphatic hydroxyl groups is 3. The number of rotatable bonds is 6. The Hall–Kier alpha value is -1.48. The van der Waals surface area contributed by atoms with E-state index < -0.39 is 17.6 Å². The molecule has 6 rings (SSSR count). The first-order valence-electron chi connectivity index (χ1n) is 11.2. The number of hydrogen-bond acceptors (Lipinski definition) is 7. The van der Waals surface area contributed by atoms with Crippen molar-refractivity contribution in [1.82, 2.24) is 19.5 Å². The maximum atomic E-state index is 10.7. The first-order chi connectivity index (χ1) is 14.5. The molecule has 5 unspecified atom stereocenters. The van der Waals surface area contributed by atoms with Gasteiger partial charge in [-0.1, -0.05) is 12.8 Å². The summed E-state index contributed by atoms with van der Waals surface area (Å²) in [6, 6.07) is 0.00112. The highest BCUT2D eigenvalue weighted by Crippen LogP contribution is 2.67. The van der Waals surface area contributed by atoms with E-state index in [0.717, 1.165) is 0 Å². The van der Waals surface area contributed by atoms with E-state index in [-0.39, 0.29) is 23.9 Å². The fourth-order valence-electron chi connectivity index (χ4n) is 6.14. The second-order valence-corrected chi connectivity index (χ2v) is 10.2. The number of anilines is 1. The van der Waals surface area contributed by atoms with Crippen molar-refractivity contribution in [2.45, 2.75) is 69.2 Å². The molecule has 162 valence electrons. The summed E-state index contributed by atoms with van der Waals surface area (Å²) >= 11 is 6.31. The lowest BCUT2D eigenvalue weighted by molar-refractivity contribution is -0.0300. The third-order valence-corrected chi connectivity index (χ3v) is 8.65. The maximum Gasteiger partial charge on any atom is 0.226 e. The van der Waals surface area contributed by atoms with Crippen LogP contribution in [0.15, 0.2) is 6.33 Å². The molecule has 0 aromatic carbocycles. The van der Waals surface area contributed by atoms with Gasteiger partial charge in [-0.25, -0.2) is 4.98 Å². The molecule has 0 aliphatic heterocycles. The quantitative estimate of drug-likeness (QED) is 0.515. The summed E-state index contributed by atoms with van der Waals surface area (Å²) in [7, 11) is 0. The molecule has 8 nitrogen and oxygen atoms in total. The Kier molecular flexibility index (Phi) is 4.33. The molecule has 2 aromatic heterocycles. The number of hydrogen-bond donors (Lipinski definition) is 4. The molecule has 4 aliphatic rings. The van der Waals surface area contributed by atoms with Gasteiger partial charge in [0.1, 0.15) is 6.10 Å². The second kappa shape index (κ2) is 6.76. The lowest BCUT2D eigenvalue weighted by atomic mass is 9.68. The van der Waals surface area contributed by atoms with E-state index >= 15 is 0 Å². The zero-order valence-electron chi connectivity index (χ0n) is 16.8. The van der Waals surface area contributed by atoms with Gasteiger partial charge in [-0.05, 0) is 61.5 Å². The summed E-state index contributed by atoms with van der Waals surface area (Å²) in [5.74, 6) is 1.99. The van der Waals surface area contributed by atoms with Crippen molar-refractivity contribution in [3.8, 4) is 0 Å². The predicted octanol–water partition coefficient (Wildman–Crippen LogP) is 2.14. The minimum atomic E-state index is -0.976. The highest BCUT2D eigenvalue weighted by molar-refractivity contribution is 6.28. The highest BCUT2D eigenvalue weighted by atomic mass is 35.5. The average molecular weight is 434 g/mol. The molecular formula is C21H28ClN5O3. The Morgan fingerprint density at radius 2 is 1.87 bits per heavy atom. The Morgan fingerprint density at radius 3 is 2.43 bits per heavy atom. The molecule has 9 heteroatoms. The summed E-state index contributed by atoms with van der Waals surface area (Å²) in [5, 5.41) is 34.8. The smallest absolute Gasteiger partial charge is 0.226 e. The van der Waals surface area contributed by atoms with Crippen molar-refractivity contribution >= 4 is 28.6 Å². The van der Waals surface area contributed by atoms with Crippen LogP contribution in [-0.4, -0.2) is 59.7 Å². The lowest BCUT2D eigenvalue weighted by Crippen LogP contribution is -2.42. The van der Waals surface area contributed by atoms with Crippen molar-refractivity contribution in [3.05, 3.63) is 11.6 Å². The summed E-state index contributed by atoms with van der Waals surface area (Å²) in [6.45, 7) is -0.133. The molecule has 4 N–H and O–H groups in total. The summed E-state index contributed by atoms with van der Waals surface area (Å²) in [4.78, 5) is 13.5. The number of fused-ring (bicyclic) bond motifs is 2. The van der Waals surface area contributed by atoms with Crippen molar-refractivity contribution in [3.63, 3.8) is 0 Å². The minimum absolute atomic E-state index is 0.00671. The van der Waals surface area contributed by atoms with Gasteiger partial charge in [-0.2, -0.15) is 9.97 Å². The van der Waals surface area contributed by atoms with Crippen LogP contribution in [0.2, 0.25) is 5.28 Å². The largest absolute Gasteiger partial charge is 0.396 e. The van der Waals surface area contributed by atoms with Gasteiger partial charge in [0.25, 0.3) is 0 Å². The molecule has 0 saturated heterocycles. The van der Waals surface area contributed by atoms with Gasteiger partial charge in [-0.3, -0.25) is 0 Å². The molecule has 5 atom stereocenters. The van der Waals surface area contributed by atoms with E-state index in [1.165, 1.54) is 38.5 Å². The number of nitrogens with zero attached hydrogens (tertiary/aromatic N) is 4. The maximum absolute atomic E-state index is 10.7. The van der Waals surface area contributed by atoms with Gasteiger partial charge < -0.3 is 25.2 Å². The molecule has 0 radical (unpaired) electrons. The zero-order valence-corrected chi connectivity index (χ0v) is 17.5. The number of halogens is 1. The normalized spacial score (nSPS) is 36.0. The number of aromatic nitrogens is 4. The average Bonchev–Trinajstić information content (AvgIpc) is 3.16. The molecule has 2 aromatic rings. The van der Waals surface area contributed by atoms with Gasteiger partial charge in [0, 0.05) is 11.5 Å². The summed E-state index contributed by atoms with van der Waals surface area (Å²) < 4.78 is 1.82. The van der Waals surface area contributed by atoms with Crippen molar-refractivity contribution < 1.29 is 15.3 Å². The van der Waals surface area contributed by atoms with Crippen LogP contribution >= 0.6 is 11.6 Å². The van der Waals surface area contributed by atoms with Gasteiger partial charge in [0.15, 0.2) is 17.0 Å². The molecule has 0 spiro atoms. The monoisotopic (exact) mass is 433 g/mol. The zero-order chi connectivity index (χ0) is 20.6. The van der Waals surface area contributed by atoms with Gasteiger partial charge in [0.2, 0.25) is 5.28 Å². The Bertz CT molecular complexity index is 963. The van der Waals surface area contributed by atoms with E-state index in [9.17, 15) is 15.3 Å². The van der Waals surface area contributed by atoms with Crippen LogP contribution in [0.5, 0.6) is 0 Å². The van der Waals surface area contributed by atoms with E-state index in [0.29, 0.717) is 41.3 Å².